The van der Waals surface area contributed by atoms with Crippen LogP contribution in [0.3, 0.4) is 0 Å². The van der Waals surface area contributed by atoms with Gasteiger partial charge >= 0.3 is 0 Å². The van der Waals surface area contributed by atoms with Crippen molar-refractivity contribution in [2.45, 2.75) is 13.8 Å². The number of rotatable bonds is 8. The summed E-state index contributed by atoms with van der Waals surface area (Å²) in [4.78, 5) is 42.3. The first kappa shape index (κ1) is 24.9. The second kappa shape index (κ2) is 11.0. The summed E-state index contributed by atoms with van der Waals surface area (Å²) in [6.07, 6.45) is 1.38. The van der Waals surface area contributed by atoms with Crippen LogP contribution in [0.5, 0.6) is 0 Å². The number of β-amino-alcohol motifs (C(OH)–C–C–N with tert-alkyl or cyclic N) is 1. The predicted octanol–water partition coefficient (Wildman–Crippen LogP) is 3.39. The average molecular weight is 517 g/mol. The molecule has 3 heterocycles. The fraction of sp³-hybridized carbons (Fsp3) is 0.364. The Balaban J connectivity index is 1.53. The molecule has 0 saturated carbocycles. The van der Waals surface area contributed by atoms with Gasteiger partial charge in [0, 0.05) is 38.8 Å². The van der Waals surface area contributed by atoms with Gasteiger partial charge in [0.15, 0.2) is 5.82 Å². The lowest BCUT2D eigenvalue weighted by Crippen LogP contribution is -2.47. The number of aliphatic hydroxyl groups excluding tert-OH is 1. The molecule has 11 nitrogen and oxygen atoms in total. The van der Waals surface area contributed by atoms with Crippen molar-refractivity contribution < 1.29 is 9.90 Å². The fourth-order valence-corrected chi connectivity index (χ4v) is 4.79. The molecule has 0 atom stereocenters. The Morgan fingerprint density at radius 3 is 2.71 bits per heavy atom. The average Bonchev–Trinajstić information content (AvgIpc) is 3.32. The maximum atomic E-state index is 12.8. The molecule has 184 valence electrons. The molecule has 2 N–H and O–H groups in total. The van der Waals surface area contributed by atoms with Crippen LogP contribution in [0, 0.1) is 18.8 Å². The quantitative estimate of drug-likeness (QED) is 0.342. The number of amides is 1. The van der Waals surface area contributed by atoms with Crippen LogP contribution in [0.25, 0.3) is 0 Å². The van der Waals surface area contributed by atoms with Crippen LogP contribution in [0.15, 0.2) is 35.7 Å². The number of anilines is 4. The Labute approximate surface area is 211 Å². The summed E-state index contributed by atoms with van der Waals surface area (Å²) in [6, 6.07) is 7.03. The van der Waals surface area contributed by atoms with Crippen molar-refractivity contribution in [3.63, 3.8) is 0 Å². The fourth-order valence-electron chi connectivity index (χ4n) is 3.76. The number of hydrogen-bond acceptors (Lipinski definition) is 10. The van der Waals surface area contributed by atoms with Crippen LogP contribution >= 0.6 is 22.9 Å². The highest BCUT2D eigenvalue weighted by Crippen LogP contribution is 2.32. The van der Waals surface area contributed by atoms with E-state index in [4.69, 9.17) is 16.7 Å². The number of carbonyl (C=O) groups is 1. The van der Waals surface area contributed by atoms with Crippen LogP contribution in [0.1, 0.15) is 21.1 Å². The minimum Gasteiger partial charge on any atom is -0.395 e. The molecule has 35 heavy (non-hydrogen) atoms. The predicted molar refractivity (Wildman–Crippen MR) is 137 cm³/mol. The molecule has 3 aromatic rings. The van der Waals surface area contributed by atoms with Gasteiger partial charge in [-0.25, -0.2) is 15.0 Å². The van der Waals surface area contributed by atoms with Crippen LogP contribution in [-0.2, 0) is 0 Å². The molecule has 1 aliphatic rings. The molecule has 2 aromatic heterocycles. The number of aliphatic hydroxyl groups is 1. The van der Waals surface area contributed by atoms with E-state index in [9.17, 15) is 9.70 Å². The Hall–Kier alpha value is -3.19. The molecule has 1 amide bonds. The van der Waals surface area contributed by atoms with Crippen LogP contribution in [0.4, 0.5) is 22.5 Å². The molecular weight excluding hydrogens is 492 g/mol. The molecule has 13 heteroatoms. The molecule has 1 aliphatic heterocycles. The lowest BCUT2D eigenvalue weighted by atomic mass is 10.2. The first-order valence-electron chi connectivity index (χ1n) is 11.0. The van der Waals surface area contributed by atoms with E-state index in [2.05, 4.69) is 35.4 Å². The van der Waals surface area contributed by atoms with E-state index in [1.165, 1.54) is 6.20 Å². The highest BCUT2D eigenvalue weighted by Gasteiger charge is 2.23. The molecular formula is C22H25ClN8O3S. The van der Waals surface area contributed by atoms with Crippen LogP contribution in [-0.4, -0.2) is 70.2 Å². The molecule has 1 saturated heterocycles. The molecule has 4 rings (SSSR count). The van der Waals surface area contributed by atoms with Crippen LogP contribution < -0.4 is 15.2 Å². The van der Waals surface area contributed by atoms with E-state index in [-0.39, 0.29) is 17.6 Å². The standard InChI is InChI=1S/C22H25ClN8O3S/c1-14-4-3-5-16(23)20(14)27-21(33)17-13-24-22(35-17)31(28-34)19-12-18(25-15(2)26-19)30-8-6-29(7-9-30)10-11-32/h3-5,12-13,32H,6-11H2,1-2H3,(H,27,33). The van der Waals surface area contributed by atoms with Gasteiger partial charge in [-0.15, -0.1) is 4.91 Å². The molecule has 0 aliphatic carbocycles. The third-order valence-corrected chi connectivity index (χ3v) is 6.87. The summed E-state index contributed by atoms with van der Waals surface area (Å²) in [7, 11) is 0. The van der Waals surface area contributed by atoms with E-state index in [0.717, 1.165) is 48.1 Å². The number of piperazine rings is 1. The number of para-hydroxylation sites is 1. The Morgan fingerprint density at radius 2 is 2.03 bits per heavy atom. The largest absolute Gasteiger partial charge is 0.395 e. The number of nitrogens with zero attached hydrogens (tertiary/aromatic N) is 7. The van der Waals surface area contributed by atoms with E-state index in [1.54, 1.807) is 25.1 Å². The minimum atomic E-state index is -0.392. The van der Waals surface area contributed by atoms with Gasteiger partial charge in [-0.1, -0.05) is 35.1 Å². The Morgan fingerprint density at radius 1 is 1.26 bits per heavy atom. The second-order valence-electron chi connectivity index (χ2n) is 7.97. The zero-order chi connectivity index (χ0) is 24.9. The number of aryl methyl sites for hydroxylation is 2. The van der Waals surface area contributed by atoms with Crippen molar-refractivity contribution in [2.75, 3.05) is 54.6 Å². The third kappa shape index (κ3) is 5.73. The first-order chi connectivity index (χ1) is 16.9. The number of nitroso groups, excluding NO2 is 1. The number of benzene rings is 1. The number of aromatic nitrogens is 3. The van der Waals surface area contributed by atoms with Crippen molar-refractivity contribution >= 4 is 51.3 Å². The molecule has 1 fully saturated rings. The maximum Gasteiger partial charge on any atom is 0.267 e. The highest BCUT2D eigenvalue weighted by molar-refractivity contribution is 7.17. The van der Waals surface area contributed by atoms with Crippen molar-refractivity contribution in [3.05, 3.63) is 56.7 Å². The van der Waals surface area contributed by atoms with E-state index in [0.29, 0.717) is 33.8 Å². The van der Waals surface area contributed by atoms with Crippen molar-refractivity contribution in [2.24, 2.45) is 5.29 Å². The van der Waals surface area contributed by atoms with Gasteiger partial charge in [-0.3, -0.25) is 9.69 Å². The second-order valence-corrected chi connectivity index (χ2v) is 9.39. The maximum absolute atomic E-state index is 12.8. The molecule has 0 bridgehead atoms. The van der Waals surface area contributed by atoms with Crippen molar-refractivity contribution in [3.8, 4) is 0 Å². The van der Waals surface area contributed by atoms with E-state index >= 15 is 0 Å². The topological polar surface area (TPSA) is 127 Å². The molecule has 0 spiro atoms. The van der Waals surface area contributed by atoms with Crippen LogP contribution in [0.2, 0.25) is 5.02 Å². The van der Waals surface area contributed by atoms with Gasteiger partial charge < -0.3 is 15.3 Å². The third-order valence-electron chi connectivity index (χ3n) is 5.58. The van der Waals surface area contributed by atoms with Gasteiger partial charge in [0.1, 0.15) is 16.5 Å². The number of thiazole rings is 1. The summed E-state index contributed by atoms with van der Waals surface area (Å²) >= 11 is 7.23. The summed E-state index contributed by atoms with van der Waals surface area (Å²) < 4.78 is 0. The summed E-state index contributed by atoms with van der Waals surface area (Å²) in [5, 5.41) is 16.8. The van der Waals surface area contributed by atoms with Gasteiger partial charge in [-0.2, -0.15) is 5.01 Å². The van der Waals surface area contributed by atoms with Crippen molar-refractivity contribution in [1.29, 1.82) is 0 Å². The number of halogens is 1. The molecule has 1 aromatic carbocycles. The smallest absolute Gasteiger partial charge is 0.267 e. The lowest BCUT2D eigenvalue weighted by Gasteiger charge is -2.35. The first-order valence-corrected chi connectivity index (χ1v) is 12.2. The van der Waals surface area contributed by atoms with Gasteiger partial charge in [0.2, 0.25) is 5.13 Å². The zero-order valence-electron chi connectivity index (χ0n) is 19.3. The summed E-state index contributed by atoms with van der Waals surface area (Å²) in [6.45, 7) is 7.41. The highest BCUT2D eigenvalue weighted by atomic mass is 35.5. The van der Waals surface area contributed by atoms with Gasteiger partial charge in [0.25, 0.3) is 5.91 Å². The number of carbonyl (C=O) groups excluding carboxylic acids is 1. The van der Waals surface area contributed by atoms with Gasteiger partial charge in [0.05, 0.1) is 28.8 Å². The Bertz CT molecular complexity index is 1190. The lowest BCUT2D eigenvalue weighted by molar-refractivity contribution is 0.103. The summed E-state index contributed by atoms with van der Waals surface area (Å²) in [5.74, 6) is 1.03. The minimum absolute atomic E-state index is 0.128. The summed E-state index contributed by atoms with van der Waals surface area (Å²) in [5.41, 5.74) is 1.35. The van der Waals surface area contributed by atoms with Gasteiger partial charge in [-0.05, 0) is 25.5 Å². The normalized spacial score (nSPS) is 14.1. The molecule has 0 unspecified atom stereocenters. The molecule has 0 radical (unpaired) electrons. The number of hydrogen-bond donors (Lipinski definition) is 2. The monoisotopic (exact) mass is 516 g/mol. The Kier molecular flexibility index (Phi) is 7.86. The SMILES string of the molecule is Cc1nc(N2CCN(CCO)CC2)cc(N(N=O)c2ncc(C(=O)Nc3c(C)cccc3Cl)s2)n1. The van der Waals surface area contributed by atoms with E-state index < -0.39 is 5.91 Å². The number of nitrogens with one attached hydrogen (secondary N) is 1. The van der Waals surface area contributed by atoms with E-state index in [1.807, 2.05) is 13.0 Å². The zero-order valence-corrected chi connectivity index (χ0v) is 20.9. The van der Waals surface area contributed by atoms with Crippen molar-refractivity contribution in [1.82, 2.24) is 19.9 Å².